The van der Waals surface area contributed by atoms with Crippen molar-refractivity contribution in [3.63, 3.8) is 0 Å². The van der Waals surface area contributed by atoms with Crippen LogP contribution in [0.3, 0.4) is 0 Å². The van der Waals surface area contributed by atoms with Gasteiger partial charge in [-0.2, -0.15) is 31.4 Å². The van der Waals surface area contributed by atoms with Crippen LogP contribution in [0.4, 0.5) is 26.3 Å². The van der Waals surface area contributed by atoms with Crippen LogP contribution in [0.1, 0.15) is 57.7 Å². The van der Waals surface area contributed by atoms with Crippen molar-refractivity contribution in [2.75, 3.05) is 13.1 Å². The van der Waals surface area contributed by atoms with Crippen LogP contribution in [-0.2, 0) is 12.7 Å². The molecule has 4 aromatic rings. The highest BCUT2D eigenvalue weighted by Crippen LogP contribution is 2.39. The average Bonchev–Trinajstić information content (AvgIpc) is 3.38. The summed E-state index contributed by atoms with van der Waals surface area (Å²) >= 11 is 0. The Labute approximate surface area is 242 Å². The first-order chi connectivity index (χ1) is 20.2. The number of amides is 2. The predicted octanol–water partition coefficient (Wildman–Crippen LogP) is 6.43. The van der Waals surface area contributed by atoms with Crippen molar-refractivity contribution in [2.45, 2.75) is 44.6 Å². The number of carbonyl (C=O) groups excluding carboxylic acids is 2. The van der Waals surface area contributed by atoms with Crippen molar-refractivity contribution in [3.05, 3.63) is 83.2 Å². The van der Waals surface area contributed by atoms with Crippen molar-refractivity contribution in [3.8, 4) is 11.3 Å². The van der Waals surface area contributed by atoms with Gasteiger partial charge in [-0.15, -0.1) is 0 Å². The maximum Gasteiger partial charge on any atom is 0.433 e. The monoisotopic (exact) mass is 603 g/mol. The third-order valence-corrected chi connectivity index (χ3v) is 7.78. The Morgan fingerprint density at radius 2 is 1.65 bits per heavy atom. The van der Waals surface area contributed by atoms with Crippen LogP contribution < -0.4 is 5.73 Å². The van der Waals surface area contributed by atoms with Gasteiger partial charge in [0.25, 0.3) is 5.91 Å². The van der Waals surface area contributed by atoms with Gasteiger partial charge in [0.05, 0.1) is 17.1 Å². The molecule has 1 aliphatic rings. The smallest absolute Gasteiger partial charge is 0.366 e. The second kappa shape index (κ2) is 11.3. The van der Waals surface area contributed by atoms with Gasteiger partial charge in [-0.1, -0.05) is 18.2 Å². The second-order valence-electron chi connectivity index (χ2n) is 10.7. The van der Waals surface area contributed by atoms with Gasteiger partial charge in [0, 0.05) is 47.9 Å². The number of hydrogen-bond donors (Lipinski definition) is 1. The van der Waals surface area contributed by atoms with Crippen molar-refractivity contribution in [2.24, 2.45) is 11.7 Å². The third kappa shape index (κ3) is 6.35. The van der Waals surface area contributed by atoms with E-state index in [4.69, 9.17) is 5.73 Å². The van der Waals surface area contributed by atoms with Gasteiger partial charge in [0.15, 0.2) is 0 Å². The number of pyridine rings is 1. The Kier molecular flexibility index (Phi) is 7.93. The van der Waals surface area contributed by atoms with Crippen LogP contribution in [0.2, 0.25) is 0 Å². The number of carbonyl (C=O) groups is 2. The molecule has 43 heavy (non-hydrogen) atoms. The van der Waals surface area contributed by atoms with E-state index in [1.807, 2.05) is 0 Å². The number of likely N-dealkylation sites (tertiary alicyclic amines) is 1. The van der Waals surface area contributed by atoms with E-state index in [1.54, 1.807) is 33.8 Å². The van der Waals surface area contributed by atoms with E-state index in [0.29, 0.717) is 49.1 Å². The molecule has 226 valence electrons. The summed E-state index contributed by atoms with van der Waals surface area (Å²) in [4.78, 5) is 30.4. The van der Waals surface area contributed by atoms with Crippen molar-refractivity contribution in [1.82, 2.24) is 19.7 Å². The maximum atomic E-state index is 13.6. The molecule has 1 unspecified atom stereocenters. The average molecular weight is 604 g/mol. The molecule has 5 rings (SSSR count). The van der Waals surface area contributed by atoms with E-state index in [-0.39, 0.29) is 34.0 Å². The molecule has 0 spiro atoms. The van der Waals surface area contributed by atoms with Gasteiger partial charge < -0.3 is 10.6 Å². The van der Waals surface area contributed by atoms with Crippen LogP contribution >= 0.6 is 0 Å². The van der Waals surface area contributed by atoms with Crippen LogP contribution in [0.15, 0.2) is 60.8 Å². The van der Waals surface area contributed by atoms with Gasteiger partial charge >= 0.3 is 12.4 Å². The summed E-state index contributed by atoms with van der Waals surface area (Å²) in [6.45, 7) is 2.30. The molecule has 2 aromatic carbocycles. The Balaban J connectivity index is 1.24. The molecule has 2 aromatic heterocycles. The molecule has 13 heteroatoms. The van der Waals surface area contributed by atoms with E-state index < -0.39 is 29.9 Å². The van der Waals surface area contributed by atoms with E-state index in [9.17, 15) is 35.9 Å². The standard InChI is InChI=1S/C30H27F6N5O2/c1-17(29(31,32)33)26-21(27(37)42)9-10-24-22(26)16-41(39-24)15-18-11-13-40(14-12-18)28(43)20-7-5-19(6-8-20)23-3-2-4-25(38-23)30(34,35)36/h2-10,16-18H,11-15H2,1H3,(H2,37,42). The fourth-order valence-electron chi connectivity index (χ4n) is 5.41. The molecule has 3 heterocycles. The SMILES string of the molecule is CC(c1c(C(N)=O)ccc2nn(CC3CCN(C(=O)c4ccc(-c5cccc(C(F)(F)F)n5)cc4)CC3)cc12)C(F)(F)F. The molecule has 7 nitrogen and oxygen atoms in total. The van der Waals surface area contributed by atoms with Gasteiger partial charge in [-0.25, -0.2) is 4.98 Å². The van der Waals surface area contributed by atoms with E-state index in [2.05, 4.69) is 10.1 Å². The zero-order chi connectivity index (χ0) is 31.1. The quantitative estimate of drug-likeness (QED) is 0.257. The number of fused-ring (bicyclic) bond motifs is 1. The fraction of sp³-hybridized carbons (Fsp3) is 0.333. The first-order valence-corrected chi connectivity index (χ1v) is 13.5. The summed E-state index contributed by atoms with van der Waals surface area (Å²) in [5.74, 6) is -2.97. The topological polar surface area (TPSA) is 94.1 Å². The lowest BCUT2D eigenvalue weighted by molar-refractivity contribution is -0.146. The van der Waals surface area contributed by atoms with Crippen LogP contribution in [0.5, 0.6) is 0 Å². The minimum Gasteiger partial charge on any atom is -0.366 e. The molecule has 0 saturated carbocycles. The summed E-state index contributed by atoms with van der Waals surface area (Å²) < 4.78 is 81.4. The zero-order valence-corrected chi connectivity index (χ0v) is 22.9. The number of nitrogens with zero attached hydrogens (tertiary/aromatic N) is 4. The Bertz CT molecular complexity index is 1650. The lowest BCUT2D eigenvalue weighted by atomic mass is 9.91. The first kappa shape index (κ1) is 30.1. The minimum absolute atomic E-state index is 0.104. The normalized spacial score (nSPS) is 15.6. The number of primary amides is 1. The fourth-order valence-corrected chi connectivity index (χ4v) is 5.41. The number of halogens is 6. The second-order valence-corrected chi connectivity index (χ2v) is 10.7. The molecule has 1 aliphatic heterocycles. The van der Waals surface area contributed by atoms with Crippen LogP contribution in [0.25, 0.3) is 22.2 Å². The molecule has 1 saturated heterocycles. The maximum absolute atomic E-state index is 13.6. The molecule has 0 bridgehead atoms. The number of benzene rings is 2. The van der Waals surface area contributed by atoms with Crippen molar-refractivity contribution < 1.29 is 35.9 Å². The number of alkyl halides is 6. The van der Waals surface area contributed by atoms with Crippen molar-refractivity contribution in [1.29, 1.82) is 0 Å². The number of aromatic nitrogens is 3. The van der Waals surface area contributed by atoms with E-state index in [1.165, 1.54) is 30.5 Å². The number of rotatable bonds is 6. The highest BCUT2D eigenvalue weighted by Gasteiger charge is 2.40. The summed E-state index contributed by atoms with van der Waals surface area (Å²) in [5, 5.41) is 4.66. The summed E-state index contributed by atoms with van der Waals surface area (Å²) in [5.41, 5.74) is 5.30. The predicted molar refractivity (Wildman–Crippen MR) is 146 cm³/mol. The number of nitrogens with two attached hydrogens (primary N) is 1. The lowest BCUT2D eigenvalue weighted by Gasteiger charge is -2.32. The minimum atomic E-state index is -4.57. The molecular formula is C30H27F6N5O2. The Morgan fingerprint density at radius 3 is 2.26 bits per heavy atom. The molecule has 1 fully saturated rings. The van der Waals surface area contributed by atoms with Gasteiger partial charge in [0.2, 0.25) is 5.91 Å². The molecule has 2 N–H and O–H groups in total. The largest absolute Gasteiger partial charge is 0.433 e. The zero-order valence-electron chi connectivity index (χ0n) is 22.9. The third-order valence-electron chi connectivity index (χ3n) is 7.78. The molecular weight excluding hydrogens is 576 g/mol. The van der Waals surface area contributed by atoms with Crippen LogP contribution in [0, 0.1) is 5.92 Å². The Morgan fingerprint density at radius 1 is 0.977 bits per heavy atom. The van der Waals surface area contributed by atoms with Gasteiger partial charge in [-0.05, 0) is 67.6 Å². The highest BCUT2D eigenvalue weighted by atomic mass is 19.4. The summed E-state index contributed by atoms with van der Waals surface area (Å²) in [6.07, 6.45) is -6.36. The highest BCUT2D eigenvalue weighted by molar-refractivity contribution is 6.00. The molecule has 2 amide bonds. The first-order valence-electron chi connectivity index (χ1n) is 13.5. The van der Waals surface area contributed by atoms with Gasteiger partial charge in [-0.3, -0.25) is 14.3 Å². The Hall–Kier alpha value is -4.42. The molecule has 0 radical (unpaired) electrons. The molecule has 1 atom stereocenters. The molecule has 0 aliphatic carbocycles. The number of hydrogen-bond acceptors (Lipinski definition) is 4. The number of piperidine rings is 1. The van der Waals surface area contributed by atoms with E-state index in [0.717, 1.165) is 13.0 Å². The van der Waals surface area contributed by atoms with Crippen molar-refractivity contribution >= 4 is 22.7 Å². The van der Waals surface area contributed by atoms with Gasteiger partial charge in [0.1, 0.15) is 5.69 Å². The summed E-state index contributed by atoms with van der Waals surface area (Å²) in [6, 6.07) is 12.6. The summed E-state index contributed by atoms with van der Waals surface area (Å²) in [7, 11) is 0. The lowest BCUT2D eigenvalue weighted by Crippen LogP contribution is -2.39. The van der Waals surface area contributed by atoms with E-state index >= 15 is 0 Å². The van der Waals surface area contributed by atoms with Crippen LogP contribution in [-0.4, -0.2) is 50.7 Å².